The second-order valence-electron chi connectivity index (χ2n) is 6.48. The van der Waals surface area contributed by atoms with Gasteiger partial charge in [-0.05, 0) is 76.6 Å². The minimum Gasteiger partial charge on any atom is -0.591 e. The molecule has 2 rings (SSSR count). The Hall–Kier alpha value is -1.78. The normalized spacial score (nSPS) is 13.7. The third kappa shape index (κ3) is 5.12. The monoisotopic (exact) mass is 329 g/mol. The van der Waals surface area contributed by atoms with Gasteiger partial charge < -0.3 is 9.29 Å². The topological polar surface area (TPSA) is 44.7 Å². The summed E-state index contributed by atoms with van der Waals surface area (Å²) in [7, 11) is 0. The number of hydrogen-bond acceptors (Lipinski definition) is 3. The second kappa shape index (κ2) is 7.20. The minimum absolute atomic E-state index is 0.352. The van der Waals surface area contributed by atoms with E-state index in [1.54, 1.807) is 0 Å². The minimum atomic E-state index is -1.25. The first-order valence-electron chi connectivity index (χ1n) is 7.58. The molecule has 0 amide bonds. The molecule has 0 bridgehead atoms. The average molecular weight is 329 g/mol. The van der Waals surface area contributed by atoms with Crippen molar-refractivity contribution in [3.8, 4) is 11.5 Å². The second-order valence-corrected chi connectivity index (χ2v) is 8.39. The summed E-state index contributed by atoms with van der Waals surface area (Å²) in [5.41, 5.74) is 2.87. The summed E-state index contributed by atoms with van der Waals surface area (Å²) in [6.45, 7) is 9.65. The van der Waals surface area contributed by atoms with Crippen molar-refractivity contribution in [3.05, 3.63) is 59.7 Å². The first kappa shape index (κ1) is 17.6. The molecule has 0 saturated heterocycles. The first-order chi connectivity index (χ1) is 10.8. The molecule has 122 valence electrons. The van der Waals surface area contributed by atoms with Crippen LogP contribution in [0.1, 0.15) is 38.8 Å². The lowest BCUT2D eigenvalue weighted by Gasteiger charge is -2.18. The maximum absolute atomic E-state index is 12.1. The van der Waals surface area contributed by atoms with Crippen molar-refractivity contribution in [2.75, 3.05) is 0 Å². The lowest BCUT2D eigenvalue weighted by atomic mass is 10.1. The van der Waals surface area contributed by atoms with Crippen molar-refractivity contribution >= 4 is 17.1 Å². The molecule has 0 heterocycles. The van der Waals surface area contributed by atoms with Gasteiger partial charge in [0, 0.05) is 5.56 Å². The Morgan fingerprint density at radius 2 is 1.70 bits per heavy atom. The predicted molar refractivity (Wildman–Crippen MR) is 97.8 cm³/mol. The van der Waals surface area contributed by atoms with Crippen LogP contribution in [0.5, 0.6) is 11.5 Å². The number of ether oxygens (including phenoxy) is 1. The van der Waals surface area contributed by atoms with E-state index in [0.717, 1.165) is 28.3 Å². The average Bonchev–Trinajstić information content (AvgIpc) is 2.47. The van der Waals surface area contributed by atoms with Crippen LogP contribution < -0.4 is 4.74 Å². The van der Waals surface area contributed by atoms with Gasteiger partial charge in [0.2, 0.25) is 0 Å². The van der Waals surface area contributed by atoms with Gasteiger partial charge in [-0.2, -0.15) is 0 Å². The highest BCUT2D eigenvalue weighted by molar-refractivity contribution is 7.91. The van der Waals surface area contributed by atoms with E-state index in [4.69, 9.17) is 4.74 Å². The van der Waals surface area contributed by atoms with Crippen LogP contribution in [0, 0.1) is 6.92 Å². The molecule has 0 saturated carbocycles. The maximum atomic E-state index is 12.1. The highest BCUT2D eigenvalue weighted by Gasteiger charge is 2.26. The fraction of sp³-hybridized carbons (Fsp3) is 0.316. The van der Waals surface area contributed by atoms with Crippen molar-refractivity contribution < 1.29 is 9.29 Å². The molecule has 4 heteroatoms. The van der Waals surface area contributed by atoms with Crippen LogP contribution in [0.3, 0.4) is 0 Å². The largest absolute Gasteiger partial charge is 0.591 e. The van der Waals surface area contributed by atoms with Crippen molar-refractivity contribution in [2.24, 2.45) is 4.40 Å². The molecular formula is C19H23NO2S. The predicted octanol–water partition coefficient (Wildman–Crippen LogP) is 5.06. The van der Waals surface area contributed by atoms with Gasteiger partial charge in [-0.15, -0.1) is 0 Å². The number of aryl methyl sites for hydroxylation is 1. The molecule has 23 heavy (non-hydrogen) atoms. The van der Waals surface area contributed by atoms with Gasteiger partial charge in [0.1, 0.15) is 27.6 Å². The third-order valence-electron chi connectivity index (χ3n) is 3.24. The molecule has 0 aliphatic carbocycles. The van der Waals surface area contributed by atoms with Crippen molar-refractivity contribution in [1.29, 1.82) is 0 Å². The zero-order valence-electron chi connectivity index (χ0n) is 14.3. The Morgan fingerprint density at radius 3 is 2.26 bits per heavy atom. The number of hydrogen-bond donors (Lipinski definition) is 0. The Morgan fingerprint density at radius 1 is 1.04 bits per heavy atom. The van der Waals surface area contributed by atoms with E-state index in [2.05, 4.69) is 4.40 Å². The lowest BCUT2D eigenvalue weighted by Crippen LogP contribution is -2.26. The highest BCUT2D eigenvalue weighted by Crippen LogP contribution is 2.23. The van der Waals surface area contributed by atoms with Gasteiger partial charge >= 0.3 is 0 Å². The third-order valence-corrected chi connectivity index (χ3v) is 4.73. The van der Waals surface area contributed by atoms with E-state index in [1.165, 1.54) is 0 Å². The molecule has 0 fully saturated rings. The molecule has 0 N–H and O–H groups in total. The summed E-state index contributed by atoms with van der Waals surface area (Å²) in [5, 5.41) is 0. The van der Waals surface area contributed by atoms with E-state index in [1.807, 2.05) is 83.1 Å². The highest BCUT2D eigenvalue weighted by atomic mass is 32.2. The van der Waals surface area contributed by atoms with Crippen LogP contribution in [0.4, 0.5) is 0 Å². The van der Waals surface area contributed by atoms with Gasteiger partial charge in [0.25, 0.3) is 0 Å². The SMILES string of the molecule is CC(=N[S+]([O-])C(C)(C)C)c1ccc(Oc2cccc(C)c2)cc1. The van der Waals surface area contributed by atoms with Gasteiger partial charge in [0.15, 0.2) is 0 Å². The van der Waals surface area contributed by atoms with E-state index in [-0.39, 0.29) is 4.75 Å². The van der Waals surface area contributed by atoms with Crippen LogP contribution in [0.25, 0.3) is 0 Å². The summed E-state index contributed by atoms with van der Waals surface area (Å²) in [6.07, 6.45) is 0. The Bertz CT molecular complexity index is 687. The van der Waals surface area contributed by atoms with E-state index in [9.17, 15) is 4.55 Å². The zero-order valence-corrected chi connectivity index (χ0v) is 15.1. The quantitative estimate of drug-likeness (QED) is 0.581. The Balaban J connectivity index is 2.11. The fourth-order valence-corrected chi connectivity index (χ4v) is 2.52. The van der Waals surface area contributed by atoms with E-state index >= 15 is 0 Å². The molecule has 2 aromatic rings. The van der Waals surface area contributed by atoms with Gasteiger partial charge in [0.05, 0.1) is 5.71 Å². The molecule has 0 spiro atoms. The summed E-state index contributed by atoms with van der Waals surface area (Å²) in [4.78, 5) is 0. The fourth-order valence-electron chi connectivity index (χ4n) is 1.89. The van der Waals surface area contributed by atoms with Crippen molar-refractivity contribution in [1.82, 2.24) is 0 Å². The van der Waals surface area contributed by atoms with E-state index in [0.29, 0.717) is 0 Å². The summed E-state index contributed by atoms with van der Waals surface area (Å²) in [6, 6.07) is 15.6. The number of rotatable bonds is 4. The van der Waals surface area contributed by atoms with Gasteiger partial charge in [-0.25, -0.2) is 0 Å². The molecular weight excluding hydrogens is 306 g/mol. The molecule has 1 atom stereocenters. The Kier molecular flexibility index (Phi) is 5.50. The summed E-state index contributed by atoms with van der Waals surface area (Å²) in [5.74, 6) is 1.58. The van der Waals surface area contributed by atoms with Gasteiger partial charge in [-0.1, -0.05) is 16.5 Å². The van der Waals surface area contributed by atoms with Crippen LogP contribution >= 0.6 is 0 Å². The molecule has 0 aliphatic heterocycles. The molecule has 0 radical (unpaired) electrons. The molecule has 0 aromatic heterocycles. The van der Waals surface area contributed by atoms with Crippen LogP contribution in [-0.4, -0.2) is 15.0 Å². The van der Waals surface area contributed by atoms with Crippen LogP contribution in [0.2, 0.25) is 0 Å². The first-order valence-corrected chi connectivity index (χ1v) is 8.68. The summed E-state index contributed by atoms with van der Waals surface area (Å²) >= 11 is -1.25. The molecule has 2 aromatic carbocycles. The van der Waals surface area contributed by atoms with E-state index < -0.39 is 11.4 Å². The molecule has 3 nitrogen and oxygen atoms in total. The van der Waals surface area contributed by atoms with Crippen molar-refractivity contribution in [2.45, 2.75) is 39.4 Å². The molecule has 1 unspecified atom stereocenters. The van der Waals surface area contributed by atoms with Crippen molar-refractivity contribution in [3.63, 3.8) is 0 Å². The van der Waals surface area contributed by atoms with Gasteiger partial charge in [-0.3, -0.25) is 0 Å². The molecule has 0 aliphatic rings. The standard InChI is InChI=1S/C19H23NO2S/c1-14-7-6-8-18(13-14)22-17-11-9-16(10-12-17)15(2)20-23(21)19(3,4)5/h6-13H,1-5H3. The maximum Gasteiger partial charge on any atom is 0.144 e. The van der Waals surface area contributed by atoms with Crippen LogP contribution in [0.15, 0.2) is 52.9 Å². The number of benzene rings is 2. The smallest absolute Gasteiger partial charge is 0.144 e. The van der Waals surface area contributed by atoms with Crippen LogP contribution in [-0.2, 0) is 11.4 Å². The summed E-state index contributed by atoms with van der Waals surface area (Å²) < 4.78 is 21.9. The Labute approximate surface area is 141 Å². The number of nitrogens with zero attached hydrogens (tertiary/aromatic N) is 1. The zero-order chi connectivity index (χ0) is 17.0. The lowest BCUT2D eigenvalue weighted by molar-refractivity contribution is 0.482.